The first-order chi connectivity index (χ1) is 10.2. The molecule has 1 aliphatic carbocycles. The summed E-state index contributed by atoms with van der Waals surface area (Å²) in [6.07, 6.45) is 3.43. The highest BCUT2D eigenvalue weighted by atomic mass is 19.1. The van der Waals surface area contributed by atoms with E-state index in [1.807, 2.05) is 12.1 Å². The molecule has 0 atom stereocenters. The zero-order valence-electron chi connectivity index (χ0n) is 12.2. The Hall–Kier alpha value is -1.87. The van der Waals surface area contributed by atoms with Crippen molar-refractivity contribution < 1.29 is 9.13 Å². The van der Waals surface area contributed by atoms with E-state index in [0.29, 0.717) is 18.3 Å². The summed E-state index contributed by atoms with van der Waals surface area (Å²) in [5, 5.41) is 3.40. The van der Waals surface area contributed by atoms with Gasteiger partial charge in [0.25, 0.3) is 0 Å². The van der Waals surface area contributed by atoms with E-state index >= 15 is 0 Å². The highest BCUT2D eigenvalue weighted by Crippen LogP contribution is 2.28. The Labute approximate surface area is 125 Å². The predicted molar refractivity (Wildman–Crippen MR) is 82.2 cm³/mol. The number of hydrogen-bond donors (Lipinski definition) is 1. The minimum atomic E-state index is -0.226. The number of rotatable bonds is 6. The second-order valence-corrected chi connectivity index (χ2v) is 5.51. The van der Waals surface area contributed by atoms with Crippen LogP contribution in [0.25, 0.3) is 0 Å². The summed E-state index contributed by atoms with van der Waals surface area (Å²) in [4.78, 5) is 0. The lowest BCUT2D eigenvalue weighted by molar-refractivity contribution is 0.469. The summed E-state index contributed by atoms with van der Waals surface area (Å²) in [7, 11) is 0. The van der Waals surface area contributed by atoms with Gasteiger partial charge in [-0.2, -0.15) is 0 Å². The van der Waals surface area contributed by atoms with Crippen molar-refractivity contribution >= 4 is 0 Å². The Morgan fingerprint density at radius 1 is 1.14 bits per heavy atom. The third-order valence-corrected chi connectivity index (χ3v) is 3.74. The van der Waals surface area contributed by atoms with Crippen LogP contribution < -0.4 is 10.1 Å². The minimum absolute atomic E-state index is 0.226. The average Bonchev–Trinajstić information content (AvgIpc) is 3.32. The Bertz CT molecular complexity index is 605. The van der Waals surface area contributed by atoms with Gasteiger partial charge in [-0.25, -0.2) is 4.39 Å². The van der Waals surface area contributed by atoms with Gasteiger partial charge < -0.3 is 10.1 Å². The van der Waals surface area contributed by atoms with Crippen LogP contribution in [0.1, 0.15) is 30.9 Å². The lowest BCUT2D eigenvalue weighted by Gasteiger charge is -2.12. The average molecular weight is 285 g/mol. The molecule has 0 amide bonds. The first-order valence-corrected chi connectivity index (χ1v) is 7.53. The molecule has 21 heavy (non-hydrogen) atoms. The van der Waals surface area contributed by atoms with Crippen molar-refractivity contribution in [3.8, 4) is 11.5 Å². The third kappa shape index (κ3) is 3.82. The normalized spacial score (nSPS) is 14.2. The fourth-order valence-electron chi connectivity index (χ4n) is 2.25. The van der Waals surface area contributed by atoms with E-state index in [9.17, 15) is 4.39 Å². The third-order valence-electron chi connectivity index (χ3n) is 3.74. The molecule has 1 N–H and O–H groups in total. The van der Waals surface area contributed by atoms with Gasteiger partial charge in [-0.05, 0) is 55.2 Å². The van der Waals surface area contributed by atoms with E-state index in [0.717, 1.165) is 17.7 Å². The molecule has 1 fully saturated rings. The van der Waals surface area contributed by atoms with Gasteiger partial charge in [-0.15, -0.1) is 0 Å². The maximum Gasteiger partial charge on any atom is 0.132 e. The van der Waals surface area contributed by atoms with Crippen LogP contribution in [0.3, 0.4) is 0 Å². The van der Waals surface area contributed by atoms with Crippen molar-refractivity contribution in [1.29, 1.82) is 0 Å². The second kappa shape index (κ2) is 6.27. The zero-order chi connectivity index (χ0) is 14.7. The van der Waals surface area contributed by atoms with Crippen molar-refractivity contribution in [2.45, 2.75) is 38.8 Å². The first kappa shape index (κ1) is 14.1. The Kier molecular flexibility index (Phi) is 4.20. The molecule has 3 rings (SSSR count). The van der Waals surface area contributed by atoms with Gasteiger partial charge >= 0.3 is 0 Å². The van der Waals surface area contributed by atoms with Crippen molar-refractivity contribution in [2.75, 3.05) is 0 Å². The Morgan fingerprint density at radius 2 is 1.90 bits per heavy atom. The number of halogens is 1. The molecular weight excluding hydrogens is 265 g/mol. The van der Waals surface area contributed by atoms with E-state index in [1.54, 1.807) is 12.1 Å². The molecule has 0 aromatic heterocycles. The van der Waals surface area contributed by atoms with Crippen molar-refractivity contribution in [3.05, 3.63) is 59.4 Å². The SMILES string of the molecule is CCc1ccc(Oc2ccc(F)cc2CNC2CC2)cc1. The molecule has 0 aliphatic heterocycles. The quantitative estimate of drug-likeness (QED) is 0.847. The number of nitrogens with one attached hydrogen (secondary N) is 1. The van der Waals surface area contributed by atoms with Gasteiger partial charge in [0.1, 0.15) is 17.3 Å². The molecular formula is C18H20FNO. The van der Waals surface area contributed by atoms with Crippen molar-refractivity contribution in [3.63, 3.8) is 0 Å². The van der Waals surface area contributed by atoms with Gasteiger partial charge in [0.15, 0.2) is 0 Å². The van der Waals surface area contributed by atoms with Crippen LogP contribution in [0.2, 0.25) is 0 Å². The number of hydrogen-bond acceptors (Lipinski definition) is 2. The summed E-state index contributed by atoms with van der Waals surface area (Å²) in [6.45, 7) is 2.77. The number of aryl methyl sites for hydroxylation is 1. The zero-order valence-corrected chi connectivity index (χ0v) is 12.2. The van der Waals surface area contributed by atoms with Crippen LogP contribution in [0.4, 0.5) is 4.39 Å². The van der Waals surface area contributed by atoms with Crippen molar-refractivity contribution in [2.24, 2.45) is 0 Å². The van der Waals surface area contributed by atoms with Gasteiger partial charge in [-0.3, -0.25) is 0 Å². The maximum absolute atomic E-state index is 13.4. The van der Waals surface area contributed by atoms with E-state index in [4.69, 9.17) is 4.74 Å². The number of ether oxygens (including phenoxy) is 1. The standard InChI is InChI=1S/C18H20FNO/c1-2-13-3-8-17(9-4-13)21-18-10-5-15(19)11-14(18)12-20-16-6-7-16/h3-5,8-11,16,20H,2,6-7,12H2,1H3. The summed E-state index contributed by atoms with van der Waals surface area (Å²) in [5.41, 5.74) is 2.14. The molecule has 2 aromatic carbocycles. The summed E-state index contributed by atoms with van der Waals surface area (Å²) in [6, 6.07) is 13.3. The smallest absolute Gasteiger partial charge is 0.132 e. The maximum atomic E-state index is 13.4. The molecule has 3 heteroatoms. The van der Waals surface area contributed by atoms with Crippen molar-refractivity contribution in [1.82, 2.24) is 5.32 Å². The molecule has 0 bridgehead atoms. The van der Waals surface area contributed by atoms with Gasteiger partial charge in [0.05, 0.1) is 0 Å². The summed E-state index contributed by atoms with van der Waals surface area (Å²) in [5.74, 6) is 1.27. The molecule has 0 unspecified atom stereocenters. The topological polar surface area (TPSA) is 21.3 Å². The fraction of sp³-hybridized carbons (Fsp3) is 0.333. The lowest BCUT2D eigenvalue weighted by Crippen LogP contribution is -2.15. The highest BCUT2D eigenvalue weighted by Gasteiger charge is 2.20. The fourth-order valence-corrected chi connectivity index (χ4v) is 2.25. The largest absolute Gasteiger partial charge is 0.457 e. The van der Waals surface area contributed by atoms with E-state index in [-0.39, 0.29) is 5.82 Å². The summed E-state index contributed by atoms with van der Waals surface area (Å²) >= 11 is 0. The predicted octanol–water partition coefficient (Wildman–Crippen LogP) is 4.43. The van der Waals surface area contributed by atoms with E-state index in [1.165, 1.54) is 24.5 Å². The summed E-state index contributed by atoms with van der Waals surface area (Å²) < 4.78 is 19.4. The van der Waals surface area contributed by atoms with Crippen LogP contribution >= 0.6 is 0 Å². The molecule has 0 spiro atoms. The Balaban J connectivity index is 1.75. The van der Waals surface area contributed by atoms with Crippen LogP contribution in [-0.4, -0.2) is 6.04 Å². The molecule has 0 saturated heterocycles. The van der Waals surface area contributed by atoms with Crippen LogP contribution in [-0.2, 0) is 13.0 Å². The minimum Gasteiger partial charge on any atom is -0.457 e. The molecule has 2 nitrogen and oxygen atoms in total. The lowest BCUT2D eigenvalue weighted by atomic mass is 10.1. The van der Waals surface area contributed by atoms with Gasteiger partial charge in [0.2, 0.25) is 0 Å². The van der Waals surface area contributed by atoms with Crippen LogP contribution in [0.5, 0.6) is 11.5 Å². The van der Waals surface area contributed by atoms with E-state index in [2.05, 4.69) is 24.4 Å². The monoisotopic (exact) mass is 285 g/mol. The Morgan fingerprint density at radius 3 is 2.57 bits per heavy atom. The van der Waals surface area contributed by atoms with Crippen LogP contribution in [0.15, 0.2) is 42.5 Å². The molecule has 110 valence electrons. The molecule has 2 aromatic rings. The molecule has 1 saturated carbocycles. The highest BCUT2D eigenvalue weighted by molar-refractivity contribution is 5.39. The van der Waals surface area contributed by atoms with Gasteiger partial charge in [-0.1, -0.05) is 19.1 Å². The first-order valence-electron chi connectivity index (χ1n) is 7.53. The van der Waals surface area contributed by atoms with Crippen LogP contribution in [0, 0.1) is 5.82 Å². The second-order valence-electron chi connectivity index (χ2n) is 5.51. The van der Waals surface area contributed by atoms with E-state index < -0.39 is 0 Å². The molecule has 0 heterocycles. The van der Waals surface area contributed by atoms with Gasteiger partial charge in [0, 0.05) is 18.2 Å². The number of benzene rings is 2. The molecule has 0 radical (unpaired) electrons. The molecule has 1 aliphatic rings.